The third kappa shape index (κ3) is 2.59. The normalized spacial score (nSPS) is 16.4. The predicted molar refractivity (Wildman–Crippen MR) is 60.7 cm³/mol. The van der Waals surface area contributed by atoms with Gasteiger partial charge in [-0.1, -0.05) is 0 Å². The Kier molecular flexibility index (Phi) is 3.53. The molecule has 6 heteroatoms. The lowest BCUT2D eigenvalue weighted by atomic mass is 10.4. The maximum Gasteiger partial charge on any atom is 0.252 e. The molecule has 0 radical (unpaired) electrons. The van der Waals surface area contributed by atoms with Crippen LogP contribution in [0.25, 0.3) is 0 Å². The number of aromatic nitrogens is 2. The van der Waals surface area contributed by atoms with Gasteiger partial charge in [-0.15, -0.1) is 0 Å². The fraction of sp³-hybridized carbons (Fsp3) is 0.600. The first-order valence-corrected chi connectivity index (χ1v) is 5.37. The van der Waals surface area contributed by atoms with E-state index in [2.05, 4.69) is 15.3 Å². The molecule has 16 heavy (non-hydrogen) atoms. The van der Waals surface area contributed by atoms with Crippen LogP contribution in [-0.2, 0) is 11.3 Å². The smallest absolute Gasteiger partial charge is 0.252 e. The van der Waals surface area contributed by atoms with Crippen molar-refractivity contribution in [3.8, 4) is 0 Å². The van der Waals surface area contributed by atoms with E-state index in [9.17, 15) is 4.79 Å². The number of ether oxygens (including phenoxy) is 1. The van der Waals surface area contributed by atoms with E-state index in [1.807, 2.05) is 11.9 Å². The quantitative estimate of drug-likeness (QED) is 0.712. The molecular formula is C10H16N4O2. The number of hydrogen-bond acceptors (Lipinski definition) is 5. The lowest BCUT2D eigenvalue weighted by Crippen LogP contribution is -2.38. The number of nitrogens with zero attached hydrogens (tertiary/aromatic N) is 2. The Bertz CT molecular complexity index is 398. The van der Waals surface area contributed by atoms with Crippen molar-refractivity contribution in [2.45, 2.75) is 6.54 Å². The summed E-state index contributed by atoms with van der Waals surface area (Å²) in [5.41, 5.74) is 0.648. The van der Waals surface area contributed by atoms with Crippen LogP contribution in [0.5, 0.6) is 0 Å². The van der Waals surface area contributed by atoms with Gasteiger partial charge in [0.15, 0.2) is 0 Å². The fourth-order valence-electron chi connectivity index (χ4n) is 1.69. The molecule has 0 amide bonds. The van der Waals surface area contributed by atoms with Crippen LogP contribution in [0.1, 0.15) is 5.69 Å². The van der Waals surface area contributed by atoms with E-state index in [4.69, 9.17) is 4.74 Å². The summed E-state index contributed by atoms with van der Waals surface area (Å²) in [5.74, 6) is 0.640. The molecule has 1 fully saturated rings. The van der Waals surface area contributed by atoms with Crippen LogP contribution in [0, 0.1) is 0 Å². The average molecular weight is 224 g/mol. The molecule has 0 atom stereocenters. The number of rotatable bonds is 3. The number of hydrogen-bond donors (Lipinski definition) is 2. The molecule has 88 valence electrons. The topological polar surface area (TPSA) is 70.2 Å². The van der Waals surface area contributed by atoms with Gasteiger partial charge in [-0.25, -0.2) is 4.98 Å². The zero-order valence-electron chi connectivity index (χ0n) is 9.32. The van der Waals surface area contributed by atoms with E-state index in [-0.39, 0.29) is 5.56 Å². The molecule has 6 nitrogen and oxygen atoms in total. The van der Waals surface area contributed by atoms with E-state index in [0.29, 0.717) is 25.7 Å². The summed E-state index contributed by atoms with van der Waals surface area (Å²) in [7, 11) is 1.83. The molecule has 0 aromatic carbocycles. The fourth-order valence-corrected chi connectivity index (χ4v) is 1.69. The highest BCUT2D eigenvalue weighted by atomic mass is 16.5. The summed E-state index contributed by atoms with van der Waals surface area (Å²) in [6.07, 6.45) is 0. The van der Waals surface area contributed by atoms with Gasteiger partial charge in [-0.3, -0.25) is 9.78 Å². The zero-order chi connectivity index (χ0) is 11.4. The number of aromatic amines is 1. The summed E-state index contributed by atoms with van der Waals surface area (Å²) in [5, 5.41) is 2.98. The molecule has 1 aliphatic heterocycles. The number of H-pyrrole nitrogens is 1. The largest absolute Gasteiger partial charge is 0.378 e. The van der Waals surface area contributed by atoms with Crippen molar-refractivity contribution in [3.63, 3.8) is 0 Å². The van der Waals surface area contributed by atoms with Gasteiger partial charge in [0.05, 0.1) is 18.9 Å². The highest BCUT2D eigenvalue weighted by Gasteiger charge is 2.13. The van der Waals surface area contributed by atoms with Crippen molar-refractivity contribution in [2.75, 3.05) is 38.3 Å². The molecular weight excluding hydrogens is 208 g/mol. The van der Waals surface area contributed by atoms with Crippen molar-refractivity contribution >= 4 is 5.95 Å². The molecule has 0 spiro atoms. The average Bonchev–Trinajstić information content (AvgIpc) is 2.30. The summed E-state index contributed by atoms with van der Waals surface area (Å²) in [6.45, 7) is 3.50. The standard InChI is InChI=1S/C10H16N4O2/c1-11-7-8-6-9(15)13-10(12-8)14-2-4-16-5-3-14/h6,11H,2-5,7H2,1H3,(H,12,13,15). The van der Waals surface area contributed by atoms with Gasteiger partial charge in [-0.05, 0) is 7.05 Å². The van der Waals surface area contributed by atoms with Gasteiger partial charge in [0.25, 0.3) is 5.56 Å². The van der Waals surface area contributed by atoms with Gasteiger partial charge in [0, 0.05) is 25.7 Å². The van der Waals surface area contributed by atoms with Crippen LogP contribution in [0.3, 0.4) is 0 Å². The summed E-state index contributed by atoms with van der Waals surface area (Å²) in [6, 6.07) is 1.51. The third-order valence-corrected chi connectivity index (χ3v) is 2.45. The Balaban J connectivity index is 2.21. The minimum absolute atomic E-state index is 0.109. The van der Waals surface area contributed by atoms with E-state index in [1.54, 1.807) is 0 Å². The lowest BCUT2D eigenvalue weighted by molar-refractivity contribution is 0.122. The van der Waals surface area contributed by atoms with Crippen molar-refractivity contribution in [1.29, 1.82) is 0 Å². The molecule has 0 unspecified atom stereocenters. The van der Waals surface area contributed by atoms with Crippen LogP contribution >= 0.6 is 0 Å². The van der Waals surface area contributed by atoms with Gasteiger partial charge >= 0.3 is 0 Å². The Morgan fingerprint density at radius 2 is 2.31 bits per heavy atom. The first kappa shape index (κ1) is 11.1. The summed E-state index contributed by atoms with van der Waals surface area (Å²) in [4.78, 5) is 20.6. The maximum absolute atomic E-state index is 11.4. The Morgan fingerprint density at radius 3 is 3.00 bits per heavy atom. The van der Waals surface area contributed by atoms with Gasteiger partial charge in [0.2, 0.25) is 5.95 Å². The number of morpholine rings is 1. The summed E-state index contributed by atoms with van der Waals surface area (Å²) < 4.78 is 5.26. The highest BCUT2D eigenvalue weighted by Crippen LogP contribution is 2.07. The first-order chi connectivity index (χ1) is 7.79. The molecule has 2 N–H and O–H groups in total. The Morgan fingerprint density at radius 1 is 1.56 bits per heavy atom. The molecule has 1 aliphatic rings. The molecule has 1 saturated heterocycles. The zero-order valence-corrected chi connectivity index (χ0v) is 9.32. The van der Waals surface area contributed by atoms with Crippen LogP contribution in [-0.4, -0.2) is 43.3 Å². The van der Waals surface area contributed by atoms with Gasteiger partial charge in [-0.2, -0.15) is 0 Å². The molecule has 2 heterocycles. The molecule has 0 bridgehead atoms. The van der Waals surface area contributed by atoms with Crippen molar-refractivity contribution in [1.82, 2.24) is 15.3 Å². The van der Waals surface area contributed by atoms with Crippen LogP contribution in [0.2, 0.25) is 0 Å². The Labute approximate surface area is 93.6 Å². The predicted octanol–water partition coefficient (Wildman–Crippen LogP) is -0.674. The molecule has 1 aromatic rings. The van der Waals surface area contributed by atoms with E-state index in [1.165, 1.54) is 6.07 Å². The van der Waals surface area contributed by atoms with Gasteiger partial charge in [0.1, 0.15) is 0 Å². The van der Waals surface area contributed by atoms with Crippen LogP contribution < -0.4 is 15.8 Å². The van der Waals surface area contributed by atoms with E-state index in [0.717, 1.165) is 18.8 Å². The van der Waals surface area contributed by atoms with E-state index >= 15 is 0 Å². The second kappa shape index (κ2) is 5.09. The second-order valence-corrected chi connectivity index (χ2v) is 3.69. The molecule has 1 aromatic heterocycles. The SMILES string of the molecule is CNCc1cc(=O)[nH]c(N2CCOCC2)n1. The maximum atomic E-state index is 11.4. The monoisotopic (exact) mass is 224 g/mol. The molecule has 2 rings (SSSR count). The second-order valence-electron chi connectivity index (χ2n) is 3.69. The minimum atomic E-state index is -0.109. The van der Waals surface area contributed by atoms with Crippen molar-refractivity contribution in [2.24, 2.45) is 0 Å². The van der Waals surface area contributed by atoms with Crippen LogP contribution in [0.15, 0.2) is 10.9 Å². The van der Waals surface area contributed by atoms with Crippen molar-refractivity contribution < 1.29 is 4.74 Å². The number of anilines is 1. The van der Waals surface area contributed by atoms with Crippen LogP contribution in [0.4, 0.5) is 5.95 Å². The summed E-state index contributed by atoms with van der Waals surface area (Å²) >= 11 is 0. The number of nitrogens with one attached hydrogen (secondary N) is 2. The minimum Gasteiger partial charge on any atom is -0.378 e. The van der Waals surface area contributed by atoms with Gasteiger partial charge < -0.3 is 15.0 Å². The first-order valence-electron chi connectivity index (χ1n) is 5.37. The van der Waals surface area contributed by atoms with E-state index < -0.39 is 0 Å². The molecule has 0 saturated carbocycles. The highest BCUT2D eigenvalue weighted by molar-refractivity contribution is 5.30. The third-order valence-electron chi connectivity index (χ3n) is 2.45. The Hall–Kier alpha value is -1.40. The lowest BCUT2D eigenvalue weighted by Gasteiger charge is -2.27. The van der Waals surface area contributed by atoms with Crippen molar-refractivity contribution in [3.05, 3.63) is 22.1 Å². The molecule has 0 aliphatic carbocycles.